The lowest BCUT2D eigenvalue weighted by Crippen LogP contribution is -1.98. The molecule has 0 saturated heterocycles. The lowest BCUT2D eigenvalue weighted by Gasteiger charge is -2.05. The predicted octanol–water partition coefficient (Wildman–Crippen LogP) is 2.56. The first-order chi connectivity index (χ1) is 6.81. The van der Waals surface area contributed by atoms with Crippen molar-refractivity contribution in [1.82, 2.24) is 9.97 Å². The van der Waals surface area contributed by atoms with E-state index in [1.807, 2.05) is 26.2 Å². The van der Waals surface area contributed by atoms with Crippen molar-refractivity contribution in [2.45, 2.75) is 6.92 Å². The Kier molecular flexibility index (Phi) is 2.45. The second kappa shape index (κ2) is 3.75. The summed E-state index contributed by atoms with van der Waals surface area (Å²) in [6, 6.07) is 4.10. The number of nitrogens with one attached hydrogen (secondary N) is 1. The molecular weight excluding hydrogens is 194 g/mol. The van der Waals surface area contributed by atoms with Crippen LogP contribution in [0.5, 0.6) is 0 Å². The van der Waals surface area contributed by atoms with Gasteiger partial charge in [-0.1, -0.05) is 6.07 Å². The van der Waals surface area contributed by atoms with Gasteiger partial charge in [0.25, 0.3) is 0 Å². The molecular formula is C10H11N3S. The topological polar surface area (TPSA) is 37.8 Å². The van der Waals surface area contributed by atoms with E-state index in [9.17, 15) is 0 Å². The SMILES string of the molecule is CNc1nc(C)ncc1-c1cccs1. The Morgan fingerprint density at radius 1 is 1.43 bits per heavy atom. The maximum atomic E-state index is 4.33. The number of thiophene rings is 1. The van der Waals surface area contributed by atoms with Crippen LogP contribution in [0.15, 0.2) is 23.7 Å². The molecule has 2 rings (SSSR count). The van der Waals surface area contributed by atoms with Crippen LogP contribution < -0.4 is 5.32 Å². The zero-order chi connectivity index (χ0) is 9.97. The van der Waals surface area contributed by atoms with E-state index in [1.54, 1.807) is 11.3 Å². The minimum atomic E-state index is 0.787. The van der Waals surface area contributed by atoms with Gasteiger partial charge in [0, 0.05) is 18.1 Å². The van der Waals surface area contributed by atoms with Crippen molar-refractivity contribution in [3.63, 3.8) is 0 Å². The number of hydrogen-bond donors (Lipinski definition) is 1. The van der Waals surface area contributed by atoms with Crippen molar-refractivity contribution in [3.05, 3.63) is 29.5 Å². The van der Waals surface area contributed by atoms with Crippen LogP contribution in [-0.2, 0) is 0 Å². The molecule has 3 nitrogen and oxygen atoms in total. The highest BCUT2D eigenvalue weighted by Gasteiger charge is 2.06. The Morgan fingerprint density at radius 3 is 2.93 bits per heavy atom. The van der Waals surface area contributed by atoms with Crippen molar-refractivity contribution in [2.75, 3.05) is 12.4 Å². The summed E-state index contributed by atoms with van der Waals surface area (Å²) >= 11 is 1.69. The van der Waals surface area contributed by atoms with Gasteiger partial charge in [-0.25, -0.2) is 9.97 Å². The van der Waals surface area contributed by atoms with Gasteiger partial charge in [-0.15, -0.1) is 11.3 Å². The quantitative estimate of drug-likeness (QED) is 0.818. The van der Waals surface area contributed by atoms with Crippen LogP contribution in [0, 0.1) is 6.92 Å². The summed E-state index contributed by atoms with van der Waals surface area (Å²) in [5.74, 6) is 1.68. The van der Waals surface area contributed by atoms with Crippen LogP contribution in [-0.4, -0.2) is 17.0 Å². The Hall–Kier alpha value is -1.42. The zero-order valence-electron chi connectivity index (χ0n) is 8.11. The fourth-order valence-electron chi connectivity index (χ4n) is 1.27. The molecule has 0 aliphatic carbocycles. The maximum Gasteiger partial charge on any atom is 0.138 e. The van der Waals surface area contributed by atoms with Gasteiger partial charge in [0.05, 0.1) is 5.56 Å². The van der Waals surface area contributed by atoms with E-state index in [0.717, 1.165) is 17.2 Å². The van der Waals surface area contributed by atoms with Crippen LogP contribution >= 0.6 is 11.3 Å². The Bertz CT molecular complexity index is 423. The summed E-state index contributed by atoms with van der Waals surface area (Å²) in [4.78, 5) is 9.72. The highest BCUT2D eigenvalue weighted by molar-refractivity contribution is 7.13. The van der Waals surface area contributed by atoms with Gasteiger partial charge in [0.2, 0.25) is 0 Å². The Balaban J connectivity index is 2.53. The van der Waals surface area contributed by atoms with E-state index in [4.69, 9.17) is 0 Å². The molecule has 0 radical (unpaired) electrons. The second-order valence-corrected chi connectivity index (χ2v) is 3.85. The lowest BCUT2D eigenvalue weighted by molar-refractivity contribution is 1.06. The molecule has 0 fully saturated rings. The molecule has 0 bridgehead atoms. The van der Waals surface area contributed by atoms with E-state index in [-0.39, 0.29) is 0 Å². The summed E-state index contributed by atoms with van der Waals surface area (Å²) in [5, 5.41) is 5.13. The zero-order valence-corrected chi connectivity index (χ0v) is 8.93. The summed E-state index contributed by atoms with van der Waals surface area (Å²) < 4.78 is 0. The van der Waals surface area contributed by atoms with Gasteiger partial charge < -0.3 is 5.32 Å². The van der Waals surface area contributed by atoms with Crippen LogP contribution in [0.4, 0.5) is 5.82 Å². The molecule has 0 aliphatic rings. The number of aromatic nitrogens is 2. The minimum absolute atomic E-state index is 0.787. The van der Waals surface area contributed by atoms with Crippen LogP contribution in [0.1, 0.15) is 5.82 Å². The van der Waals surface area contributed by atoms with Crippen LogP contribution in [0.2, 0.25) is 0 Å². The third-order valence-electron chi connectivity index (χ3n) is 1.93. The van der Waals surface area contributed by atoms with Gasteiger partial charge in [0.15, 0.2) is 0 Å². The number of anilines is 1. The van der Waals surface area contributed by atoms with E-state index >= 15 is 0 Å². The Morgan fingerprint density at radius 2 is 2.29 bits per heavy atom. The second-order valence-electron chi connectivity index (χ2n) is 2.91. The third kappa shape index (κ3) is 1.61. The molecule has 0 aliphatic heterocycles. The van der Waals surface area contributed by atoms with Crippen LogP contribution in [0.25, 0.3) is 10.4 Å². The van der Waals surface area contributed by atoms with Gasteiger partial charge in [0.1, 0.15) is 11.6 Å². The van der Waals surface area contributed by atoms with Gasteiger partial charge in [-0.05, 0) is 18.4 Å². The minimum Gasteiger partial charge on any atom is -0.372 e. The predicted molar refractivity (Wildman–Crippen MR) is 59.6 cm³/mol. The van der Waals surface area contributed by atoms with Crippen molar-refractivity contribution >= 4 is 17.2 Å². The molecule has 0 aromatic carbocycles. The largest absolute Gasteiger partial charge is 0.372 e. The van der Waals surface area contributed by atoms with E-state index < -0.39 is 0 Å². The van der Waals surface area contributed by atoms with Crippen molar-refractivity contribution in [1.29, 1.82) is 0 Å². The number of aryl methyl sites for hydroxylation is 1. The lowest BCUT2D eigenvalue weighted by atomic mass is 10.2. The summed E-state index contributed by atoms with van der Waals surface area (Å²) in [7, 11) is 1.87. The third-order valence-corrected chi connectivity index (χ3v) is 2.84. The fourth-order valence-corrected chi connectivity index (χ4v) is 2.01. The first kappa shape index (κ1) is 9.15. The van der Waals surface area contributed by atoms with E-state index in [1.165, 1.54) is 4.88 Å². The van der Waals surface area contributed by atoms with Crippen molar-refractivity contribution < 1.29 is 0 Å². The smallest absolute Gasteiger partial charge is 0.138 e. The first-order valence-electron chi connectivity index (χ1n) is 4.36. The summed E-state index contributed by atoms with van der Waals surface area (Å²) in [6.07, 6.45) is 1.86. The number of rotatable bonds is 2. The van der Waals surface area contributed by atoms with Crippen molar-refractivity contribution in [3.8, 4) is 10.4 Å². The monoisotopic (exact) mass is 205 g/mol. The molecule has 2 aromatic heterocycles. The van der Waals surface area contributed by atoms with E-state index in [2.05, 4.69) is 26.7 Å². The highest BCUT2D eigenvalue weighted by Crippen LogP contribution is 2.29. The highest BCUT2D eigenvalue weighted by atomic mass is 32.1. The van der Waals surface area contributed by atoms with Gasteiger partial charge in [-0.2, -0.15) is 0 Å². The molecule has 4 heteroatoms. The molecule has 0 unspecified atom stereocenters. The van der Waals surface area contributed by atoms with Gasteiger partial charge in [-0.3, -0.25) is 0 Å². The van der Waals surface area contributed by atoms with Crippen molar-refractivity contribution in [2.24, 2.45) is 0 Å². The number of nitrogens with zero attached hydrogens (tertiary/aromatic N) is 2. The first-order valence-corrected chi connectivity index (χ1v) is 5.24. The molecule has 0 spiro atoms. The molecule has 0 amide bonds. The molecule has 72 valence electrons. The standard InChI is InChI=1S/C10H11N3S/c1-7-12-6-8(10(11-2)13-7)9-4-3-5-14-9/h3-6H,1-2H3,(H,11,12,13). The van der Waals surface area contributed by atoms with Gasteiger partial charge >= 0.3 is 0 Å². The van der Waals surface area contributed by atoms with Crippen LogP contribution in [0.3, 0.4) is 0 Å². The molecule has 0 saturated carbocycles. The summed E-state index contributed by atoms with van der Waals surface area (Å²) in [5.41, 5.74) is 1.06. The molecule has 0 atom stereocenters. The average molecular weight is 205 g/mol. The molecule has 2 heterocycles. The summed E-state index contributed by atoms with van der Waals surface area (Å²) in [6.45, 7) is 1.89. The molecule has 14 heavy (non-hydrogen) atoms. The molecule has 2 aromatic rings. The average Bonchev–Trinajstić information content (AvgIpc) is 2.70. The van der Waals surface area contributed by atoms with E-state index in [0.29, 0.717) is 0 Å². The molecule has 1 N–H and O–H groups in total. The Labute approximate surface area is 86.8 Å². The fraction of sp³-hybridized carbons (Fsp3) is 0.200. The number of hydrogen-bond acceptors (Lipinski definition) is 4. The maximum absolute atomic E-state index is 4.33. The normalized spacial score (nSPS) is 10.1.